The number of thioether (sulfide) groups is 1. The van der Waals surface area contributed by atoms with E-state index < -0.39 is 5.97 Å². The number of hydrogen-bond donors (Lipinski definition) is 2. The second-order valence-corrected chi connectivity index (χ2v) is 5.28. The number of halogens is 1. The van der Waals surface area contributed by atoms with Crippen LogP contribution in [0.4, 0.5) is 5.69 Å². The summed E-state index contributed by atoms with van der Waals surface area (Å²) in [5.41, 5.74) is 0.317. The van der Waals surface area contributed by atoms with Crippen molar-refractivity contribution in [2.75, 3.05) is 11.1 Å². The Balaban J connectivity index is 1.99. The summed E-state index contributed by atoms with van der Waals surface area (Å²) >= 11 is 7.14. The minimum Gasteiger partial charge on any atom is -0.478 e. The molecule has 8 heteroatoms. The minimum atomic E-state index is -1.09. The molecule has 0 aliphatic carbocycles. The molecule has 1 amide bonds. The summed E-state index contributed by atoms with van der Waals surface area (Å²) in [6, 6.07) is 4.11. The van der Waals surface area contributed by atoms with Crippen molar-refractivity contribution in [1.29, 1.82) is 0 Å². The summed E-state index contributed by atoms with van der Waals surface area (Å²) in [7, 11) is 0. The highest BCUT2D eigenvalue weighted by Gasteiger charge is 2.10. The molecule has 0 bridgehead atoms. The van der Waals surface area contributed by atoms with Crippen molar-refractivity contribution < 1.29 is 14.7 Å². The van der Waals surface area contributed by atoms with Gasteiger partial charge in [0.2, 0.25) is 5.91 Å². The average molecular weight is 324 g/mol. The Bertz CT molecular complexity index is 667. The van der Waals surface area contributed by atoms with Crippen molar-refractivity contribution in [3.8, 4) is 0 Å². The fraction of sp³-hybridized carbons (Fsp3) is 0.0769. The van der Waals surface area contributed by atoms with Crippen LogP contribution in [0.5, 0.6) is 0 Å². The summed E-state index contributed by atoms with van der Waals surface area (Å²) < 4.78 is 0. The van der Waals surface area contributed by atoms with E-state index >= 15 is 0 Å². The molecule has 0 saturated heterocycles. The number of carboxylic acids is 1. The normalized spacial score (nSPS) is 10.1. The highest BCUT2D eigenvalue weighted by Crippen LogP contribution is 2.23. The quantitative estimate of drug-likeness (QED) is 0.822. The van der Waals surface area contributed by atoms with Crippen molar-refractivity contribution in [3.63, 3.8) is 0 Å². The van der Waals surface area contributed by atoms with Gasteiger partial charge in [-0.2, -0.15) is 0 Å². The highest BCUT2D eigenvalue weighted by molar-refractivity contribution is 7.99. The number of nitrogens with zero attached hydrogens (tertiary/aromatic N) is 2. The zero-order valence-electron chi connectivity index (χ0n) is 10.6. The number of aromatic carboxylic acids is 1. The zero-order valence-corrected chi connectivity index (χ0v) is 12.2. The lowest BCUT2D eigenvalue weighted by Gasteiger charge is -2.07. The predicted molar refractivity (Wildman–Crippen MR) is 79.8 cm³/mol. The molecule has 0 saturated carbocycles. The van der Waals surface area contributed by atoms with Crippen LogP contribution in [0, 0.1) is 0 Å². The Labute approximate surface area is 129 Å². The number of benzene rings is 1. The van der Waals surface area contributed by atoms with Crippen molar-refractivity contribution >= 4 is 40.9 Å². The van der Waals surface area contributed by atoms with Crippen molar-refractivity contribution in [2.24, 2.45) is 0 Å². The molecule has 0 unspecified atom stereocenters. The van der Waals surface area contributed by atoms with E-state index in [2.05, 4.69) is 15.3 Å². The summed E-state index contributed by atoms with van der Waals surface area (Å²) in [5.74, 6) is -1.28. The molecule has 0 aliphatic rings. The first-order valence-corrected chi connectivity index (χ1v) is 7.14. The molecule has 108 valence electrons. The number of anilines is 1. The Kier molecular flexibility index (Phi) is 5.13. The second kappa shape index (κ2) is 7.05. The second-order valence-electron chi connectivity index (χ2n) is 3.88. The van der Waals surface area contributed by atoms with E-state index in [0.29, 0.717) is 5.03 Å². The summed E-state index contributed by atoms with van der Waals surface area (Å²) in [5, 5.41) is 12.4. The van der Waals surface area contributed by atoms with Crippen LogP contribution in [-0.4, -0.2) is 32.7 Å². The maximum absolute atomic E-state index is 11.8. The van der Waals surface area contributed by atoms with Crippen LogP contribution in [0.3, 0.4) is 0 Å². The number of carboxylic acid groups (broad SMARTS) is 1. The fourth-order valence-corrected chi connectivity index (χ4v) is 2.23. The Morgan fingerprint density at radius 1 is 1.33 bits per heavy atom. The molecule has 6 nitrogen and oxygen atoms in total. The van der Waals surface area contributed by atoms with Gasteiger partial charge in [0.1, 0.15) is 5.03 Å². The van der Waals surface area contributed by atoms with E-state index in [9.17, 15) is 9.59 Å². The van der Waals surface area contributed by atoms with E-state index in [-0.39, 0.29) is 27.9 Å². The highest BCUT2D eigenvalue weighted by atomic mass is 35.5. The van der Waals surface area contributed by atoms with E-state index in [0.717, 1.165) is 0 Å². The van der Waals surface area contributed by atoms with E-state index in [1.165, 1.54) is 36.2 Å². The third-order valence-corrected chi connectivity index (χ3v) is 3.62. The lowest BCUT2D eigenvalue weighted by molar-refractivity contribution is -0.113. The molecule has 0 atom stereocenters. The molecule has 21 heavy (non-hydrogen) atoms. The summed E-state index contributed by atoms with van der Waals surface area (Å²) in [6.45, 7) is 0. The van der Waals surface area contributed by atoms with Gasteiger partial charge in [-0.05, 0) is 18.2 Å². The fourth-order valence-electron chi connectivity index (χ4n) is 1.44. The number of rotatable bonds is 5. The molecule has 2 aromatic rings. The molecular formula is C13H10ClN3O3S. The van der Waals surface area contributed by atoms with Gasteiger partial charge in [0.25, 0.3) is 0 Å². The van der Waals surface area contributed by atoms with E-state index in [1.807, 2.05) is 0 Å². The van der Waals surface area contributed by atoms with Gasteiger partial charge in [0.05, 0.1) is 28.2 Å². The maximum Gasteiger partial charge on any atom is 0.335 e. The smallest absolute Gasteiger partial charge is 0.335 e. The van der Waals surface area contributed by atoms with Gasteiger partial charge in [-0.15, -0.1) is 0 Å². The zero-order chi connectivity index (χ0) is 15.2. The standard InChI is InChI=1S/C13H10ClN3O3S/c14-9-2-1-8(13(19)20)5-10(9)17-11(18)7-21-12-6-15-3-4-16-12/h1-6H,7H2,(H,17,18)(H,19,20). The van der Waals surface area contributed by atoms with E-state index in [1.54, 1.807) is 12.4 Å². The number of nitrogens with one attached hydrogen (secondary N) is 1. The predicted octanol–water partition coefficient (Wildman–Crippen LogP) is 2.56. The number of aromatic nitrogens is 2. The molecule has 1 aromatic heterocycles. The SMILES string of the molecule is O=C(CSc1cnccn1)Nc1cc(C(=O)O)ccc1Cl. The van der Waals surface area contributed by atoms with Gasteiger partial charge >= 0.3 is 5.97 Å². The van der Waals surface area contributed by atoms with Crippen molar-refractivity contribution in [3.05, 3.63) is 47.4 Å². The topological polar surface area (TPSA) is 92.2 Å². The molecule has 0 radical (unpaired) electrons. The van der Waals surface area contributed by atoms with Crippen LogP contribution in [0.15, 0.2) is 41.8 Å². The largest absolute Gasteiger partial charge is 0.478 e. The molecule has 0 aliphatic heterocycles. The first-order chi connectivity index (χ1) is 10.1. The number of carbonyl (C=O) groups excluding carboxylic acids is 1. The van der Waals surface area contributed by atoms with Gasteiger partial charge in [-0.3, -0.25) is 9.78 Å². The Morgan fingerprint density at radius 2 is 2.14 bits per heavy atom. The first-order valence-electron chi connectivity index (χ1n) is 5.78. The van der Waals surface area contributed by atoms with Gasteiger partial charge in [-0.25, -0.2) is 9.78 Å². The summed E-state index contributed by atoms with van der Waals surface area (Å²) in [4.78, 5) is 30.6. The van der Waals surface area contributed by atoms with Crippen LogP contribution in [0.1, 0.15) is 10.4 Å². The van der Waals surface area contributed by atoms with Crippen molar-refractivity contribution in [1.82, 2.24) is 9.97 Å². The Hall–Kier alpha value is -2.12. The van der Waals surface area contributed by atoms with Crippen LogP contribution >= 0.6 is 23.4 Å². The number of carbonyl (C=O) groups is 2. The molecule has 0 spiro atoms. The minimum absolute atomic E-state index is 0.0521. The third-order valence-electron chi connectivity index (χ3n) is 2.38. The van der Waals surface area contributed by atoms with E-state index in [4.69, 9.17) is 16.7 Å². The van der Waals surface area contributed by atoms with Gasteiger partial charge in [0, 0.05) is 12.4 Å². The van der Waals surface area contributed by atoms with Crippen LogP contribution in [0.2, 0.25) is 5.02 Å². The molecule has 0 fully saturated rings. The van der Waals surface area contributed by atoms with Crippen LogP contribution in [-0.2, 0) is 4.79 Å². The monoisotopic (exact) mass is 323 g/mol. The summed E-state index contributed by atoms with van der Waals surface area (Å²) in [6.07, 6.45) is 4.63. The Morgan fingerprint density at radius 3 is 2.81 bits per heavy atom. The first kappa shape index (κ1) is 15.3. The number of hydrogen-bond acceptors (Lipinski definition) is 5. The van der Waals surface area contributed by atoms with Gasteiger partial charge in [-0.1, -0.05) is 23.4 Å². The lowest BCUT2D eigenvalue weighted by atomic mass is 10.2. The molecular weight excluding hydrogens is 314 g/mol. The van der Waals surface area contributed by atoms with Crippen LogP contribution in [0.25, 0.3) is 0 Å². The molecule has 1 aromatic carbocycles. The maximum atomic E-state index is 11.8. The van der Waals surface area contributed by atoms with Crippen LogP contribution < -0.4 is 5.32 Å². The lowest BCUT2D eigenvalue weighted by Crippen LogP contribution is -2.15. The number of amides is 1. The van der Waals surface area contributed by atoms with Gasteiger partial charge < -0.3 is 10.4 Å². The van der Waals surface area contributed by atoms with Gasteiger partial charge in [0.15, 0.2) is 0 Å². The third kappa shape index (κ3) is 4.44. The molecule has 2 rings (SSSR count). The van der Waals surface area contributed by atoms with Crippen molar-refractivity contribution in [2.45, 2.75) is 5.03 Å². The average Bonchev–Trinajstić information content (AvgIpc) is 2.48. The molecule has 2 N–H and O–H groups in total. The molecule has 1 heterocycles.